The van der Waals surface area contributed by atoms with Gasteiger partial charge in [0.25, 0.3) is 0 Å². The van der Waals surface area contributed by atoms with Crippen LogP contribution in [0.4, 0.5) is 0 Å². The SMILES string of the molecule is CCc1nc(C2CC2)nc2c1C(=O)CCC2. The lowest BCUT2D eigenvalue weighted by molar-refractivity contribution is 0.0970. The zero-order chi connectivity index (χ0) is 11.1. The number of nitrogens with zero attached hydrogens (tertiary/aromatic N) is 2. The van der Waals surface area contributed by atoms with Crippen molar-refractivity contribution in [1.29, 1.82) is 0 Å². The average Bonchev–Trinajstić information content (AvgIpc) is 3.11. The van der Waals surface area contributed by atoms with E-state index in [9.17, 15) is 4.79 Å². The average molecular weight is 216 g/mol. The molecule has 1 saturated carbocycles. The maximum atomic E-state index is 11.9. The second kappa shape index (κ2) is 3.65. The Hall–Kier alpha value is -1.25. The zero-order valence-electron chi connectivity index (χ0n) is 9.62. The maximum Gasteiger partial charge on any atom is 0.166 e. The van der Waals surface area contributed by atoms with Gasteiger partial charge in [-0.1, -0.05) is 6.92 Å². The molecule has 1 aromatic heterocycles. The molecule has 0 radical (unpaired) electrons. The van der Waals surface area contributed by atoms with E-state index in [-0.39, 0.29) is 5.78 Å². The van der Waals surface area contributed by atoms with E-state index in [4.69, 9.17) is 0 Å². The molecule has 1 heterocycles. The first-order chi connectivity index (χ1) is 7.79. The summed E-state index contributed by atoms with van der Waals surface area (Å²) in [6, 6.07) is 0. The van der Waals surface area contributed by atoms with Gasteiger partial charge in [-0.2, -0.15) is 0 Å². The van der Waals surface area contributed by atoms with Crippen LogP contribution in [0.25, 0.3) is 0 Å². The Balaban J connectivity index is 2.13. The first-order valence-corrected chi connectivity index (χ1v) is 6.22. The van der Waals surface area contributed by atoms with E-state index < -0.39 is 0 Å². The highest BCUT2D eigenvalue weighted by molar-refractivity contribution is 5.99. The van der Waals surface area contributed by atoms with Crippen LogP contribution in [-0.2, 0) is 12.8 Å². The molecule has 0 N–H and O–H groups in total. The van der Waals surface area contributed by atoms with Gasteiger partial charge in [-0.05, 0) is 32.1 Å². The van der Waals surface area contributed by atoms with E-state index in [0.29, 0.717) is 12.3 Å². The largest absolute Gasteiger partial charge is 0.294 e. The Bertz CT molecular complexity index is 432. The predicted octanol–water partition coefficient (Wildman–Crippen LogP) is 2.44. The van der Waals surface area contributed by atoms with Crippen LogP contribution in [0.2, 0.25) is 0 Å². The van der Waals surface area contributed by atoms with Gasteiger partial charge in [-0.15, -0.1) is 0 Å². The van der Waals surface area contributed by atoms with Crippen LogP contribution in [-0.4, -0.2) is 15.8 Å². The van der Waals surface area contributed by atoms with Crippen molar-refractivity contribution in [3.8, 4) is 0 Å². The molecular weight excluding hydrogens is 200 g/mol. The van der Waals surface area contributed by atoms with Crippen molar-refractivity contribution in [2.45, 2.75) is 51.4 Å². The number of hydrogen-bond donors (Lipinski definition) is 0. The molecule has 3 heteroatoms. The van der Waals surface area contributed by atoms with Gasteiger partial charge in [0, 0.05) is 12.3 Å². The number of rotatable bonds is 2. The van der Waals surface area contributed by atoms with Gasteiger partial charge in [0.05, 0.1) is 17.0 Å². The highest BCUT2D eigenvalue weighted by Crippen LogP contribution is 2.39. The number of hydrogen-bond acceptors (Lipinski definition) is 3. The molecule has 0 atom stereocenters. The first kappa shape index (κ1) is 9.94. The third-order valence-corrected chi connectivity index (χ3v) is 3.45. The van der Waals surface area contributed by atoms with Crippen molar-refractivity contribution in [2.75, 3.05) is 0 Å². The number of aryl methyl sites for hydroxylation is 2. The summed E-state index contributed by atoms with van der Waals surface area (Å²) in [5.41, 5.74) is 2.85. The standard InChI is InChI=1S/C13H16N2O/c1-2-9-12-10(4-3-5-11(12)16)15-13(14-9)8-6-7-8/h8H,2-7H2,1H3. The molecule has 2 aliphatic rings. The quantitative estimate of drug-likeness (QED) is 0.762. The molecule has 1 fully saturated rings. The second-order valence-corrected chi connectivity index (χ2v) is 4.75. The van der Waals surface area contributed by atoms with Gasteiger partial charge >= 0.3 is 0 Å². The van der Waals surface area contributed by atoms with Gasteiger partial charge in [0.1, 0.15) is 5.82 Å². The first-order valence-electron chi connectivity index (χ1n) is 6.22. The summed E-state index contributed by atoms with van der Waals surface area (Å²) in [6.45, 7) is 2.07. The minimum Gasteiger partial charge on any atom is -0.294 e. The lowest BCUT2D eigenvalue weighted by Gasteiger charge is -2.17. The van der Waals surface area contributed by atoms with Crippen molar-refractivity contribution >= 4 is 5.78 Å². The summed E-state index contributed by atoms with van der Waals surface area (Å²) in [5.74, 6) is 1.82. The molecule has 0 amide bonds. The lowest BCUT2D eigenvalue weighted by Crippen LogP contribution is -2.18. The Morgan fingerprint density at radius 2 is 2.06 bits per heavy atom. The summed E-state index contributed by atoms with van der Waals surface area (Å²) in [7, 11) is 0. The number of fused-ring (bicyclic) bond motifs is 1. The van der Waals surface area contributed by atoms with E-state index in [2.05, 4.69) is 16.9 Å². The fourth-order valence-corrected chi connectivity index (χ4v) is 2.40. The van der Waals surface area contributed by atoms with Gasteiger partial charge in [-0.3, -0.25) is 4.79 Å². The van der Waals surface area contributed by atoms with Crippen LogP contribution >= 0.6 is 0 Å². The Labute approximate surface area is 95.3 Å². The second-order valence-electron chi connectivity index (χ2n) is 4.75. The van der Waals surface area contributed by atoms with Gasteiger partial charge in [-0.25, -0.2) is 9.97 Å². The molecule has 2 aliphatic carbocycles. The minimum atomic E-state index is 0.250. The molecule has 0 saturated heterocycles. The van der Waals surface area contributed by atoms with E-state index in [0.717, 1.165) is 42.0 Å². The van der Waals surface area contributed by atoms with E-state index in [1.165, 1.54) is 12.8 Å². The summed E-state index contributed by atoms with van der Waals surface area (Å²) in [5, 5.41) is 0. The highest BCUT2D eigenvalue weighted by atomic mass is 16.1. The van der Waals surface area contributed by atoms with Crippen LogP contribution in [0.15, 0.2) is 0 Å². The number of ketones is 1. The van der Waals surface area contributed by atoms with Gasteiger partial charge < -0.3 is 0 Å². The van der Waals surface area contributed by atoms with Crippen LogP contribution in [0.1, 0.15) is 66.1 Å². The summed E-state index contributed by atoms with van der Waals surface area (Å²) < 4.78 is 0. The highest BCUT2D eigenvalue weighted by Gasteiger charge is 2.30. The third kappa shape index (κ3) is 1.55. The van der Waals surface area contributed by atoms with Crippen LogP contribution in [0.3, 0.4) is 0 Å². The van der Waals surface area contributed by atoms with Crippen LogP contribution < -0.4 is 0 Å². The third-order valence-electron chi connectivity index (χ3n) is 3.45. The summed E-state index contributed by atoms with van der Waals surface area (Å²) >= 11 is 0. The monoisotopic (exact) mass is 216 g/mol. The van der Waals surface area contributed by atoms with Crippen LogP contribution in [0, 0.1) is 0 Å². The molecule has 0 bridgehead atoms. The molecule has 84 valence electrons. The Morgan fingerprint density at radius 3 is 2.75 bits per heavy atom. The van der Waals surface area contributed by atoms with E-state index >= 15 is 0 Å². The number of carbonyl (C=O) groups excluding carboxylic acids is 1. The molecule has 1 aromatic rings. The Kier molecular flexibility index (Phi) is 2.27. The number of aromatic nitrogens is 2. The molecule has 16 heavy (non-hydrogen) atoms. The van der Waals surface area contributed by atoms with Crippen molar-refractivity contribution in [3.63, 3.8) is 0 Å². The molecule has 0 aromatic carbocycles. The minimum absolute atomic E-state index is 0.250. The van der Waals surface area contributed by atoms with Gasteiger partial charge in [0.2, 0.25) is 0 Å². The fourth-order valence-electron chi connectivity index (χ4n) is 2.40. The van der Waals surface area contributed by atoms with Crippen molar-refractivity contribution in [3.05, 3.63) is 22.8 Å². The zero-order valence-corrected chi connectivity index (χ0v) is 9.62. The van der Waals surface area contributed by atoms with Gasteiger partial charge in [0.15, 0.2) is 5.78 Å². The van der Waals surface area contributed by atoms with Crippen molar-refractivity contribution in [2.24, 2.45) is 0 Å². The molecule has 0 unspecified atom stereocenters. The molecule has 0 spiro atoms. The van der Waals surface area contributed by atoms with Crippen LogP contribution in [0.5, 0.6) is 0 Å². The Morgan fingerprint density at radius 1 is 1.25 bits per heavy atom. The smallest absolute Gasteiger partial charge is 0.166 e. The lowest BCUT2D eigenvalue weighted by atomic mass is 9.92. The van der Waals surface area contributed by atoms with Crippen molar-refractivity contribution in [1.82, 2.24) is 9.97 Å². The summed E-state index contributed by atoms with van der Waals surface area (Å²) in [6.07, 6.45) is 5.86. The van der Waals surface area contributed by atoms with E-state index in [1.807, 2.05) is 0 Å². The fraction of sp³-hybridized carbons (Fsp3) is 0.615. The number of carbonyl (C=O) groups is 1. The topological polar surface area (TPSA) is 42.9 Å². The molecule has 3 nitrogen and oxygen atoms in total. The molecule has 0 aliphatic heterocycles. The molecular formula is C13H16N2O. The van der Waals surface area contributed by atoms with E-state index in [1.54, 1.807) is 0 Å². The summed E-state index contributed by atoms with van der Waals surface area (Å²) in [4.78, 5) is 21.1. The predicted molar refractivity (Wildman–Crippen MR) is 60.7 cm³/mol. The molecule has 3 rings (SSSR count). The van der Waals surface area contributed by atoms with Crippen molar-refractivity contribution < 1.29 is 4.79 Å². The number of Topliss-reactive ketones (excluding diaryl/α,β-unsaturated/α-hetero) is 1. The maximum absolute atomic E-state index is 11.9. The normalized spacial score (nSPS) is 19.7.